The summed E-state index contributed by atoms with van der Waals surface area (Å²) in [5, 5.41) is 3.83. The van der Waals surface area contributed by atoms with Crippen LogP contribution in [0, 0.1) is 11.8 Å². The minimum Gasteiger partial charge on any atom is -0.383 e. The monoisotopic (exact) mass is 337 g/mol. The van der Waals surface area contributed by atoms with Gasteiger partial charge in [-0.25, -0.2) is 0 Å². The molecule has 108 valence electrons. The molecule has 0 radical (unpaired) electrons. The third-order valence-electron chi connectivity index (χ3n) is 4.53. The number of methoxy groups -OCH3 is 1. The molecular weight excluding hydrogens is 318 g/mol. The molecule has 1 amide bonds. The molecule has 1 N–H and O–H groups in total. The van der Waals surface area contributed by atoms with Gasteiger partial charge in [-0.15, -0.1) is 0 Å². The van der Waals surface area contributed by atoms with E-state index >= 15 is 0 Å². The van der Waals surface area contributed by atoms with Gasteiger partial charge in [0.15, 0.2) is 0 Å². The maximum Gasteiger partial charge on any atom is 0.224 e. The van der Waals surface area contributed by atoms with E-state index in [1.807, 2.05) is 0 Å². The first-order valence-corrected chi connectivity index (χ1v) is 8.31. The molecule has 2 aliphatic carbocycles. The van der Waals surface area contributed by atoms with Crippen molar-refractivity contribution in [3.8, 4) is 0 Å². The van der Waals surface area contributed by atoms with E-state index in [1.54, 1.807) is 7.11 Å². The Balaban J connectivity index is 1.68. The lowest BCUT2D eigenvalue weighted by atomic mass is 9.92. The standard InChI is InChI=1S/C16H20BrNO2/c1-20-9-11(8-17)18-16(19)15-13-7-6-10-4-2-3-5-12(10)14(13)15/h2-5,11,13-15H,6-9H2,1H3,(H,18,19). The van der Waals surface area contributed by atoms with Gasteiger partial charge in [0, 0.05) is 18.4 Å². The van der Waals surface area contributed by atoms with Gasteiger partial charge in [0.1, 0.15) is 0 Å². The fourth-order valence-corrected chi connectivity index (χ4v) is 3.90. The second-order valence-corrected chi connectivity index (χ2v) is 6.42. The number of nitrogens with one attached hydrogen (secondary N) is 1. The van der Waals surface area contributed by atoms with E-state index in [-0.39, 0.29) is 17.9 Å². The molecular formula is C16H20BrNO2. The van der Waals surface area contributed by atoms with E-state index in [2.05, 4.69) is 45.5 Å². The SMILES string of the molecule is COCC(CBr)NC(=O)C1C2CCc3ccccc3C21. The first-order valence-electron chi connectivity index (χ1n) is 7.19. The maximum atomic E-state index is 12.4. The van der Waals surface area contributed by atoms with Crippen molar-refractivity contribution in [2.24, 2.45) is 11.8 Å². The number of hydrogen-bond acceptors (Lipinski definition) is 2. The summed E-state index contributed by atoms with van der Waals surface area (Å²) in [7, 11) is 1.66. The molecule has 0 bridgehead atoms. The van der Waals surface area contributed by atoms with Crippen molar-refractivity contribution in [1.82, 2.24) is 5.32 Å². The lowest BCUT2D eigenvalue weighted by molar-refractivity contribution is -0.123. The molecule has 0 aromatic heterocycles. The lowest BCUT2D eigenvalue weighted by Crippen LogP contribution is -2.40. The van der Waals surface area contributed by atoms with Crippen molar-refractivity contribution in [3.05, 3.63) is 35.4 Å². The topological polar surface area (TPSA) is 38.3 Å². The third-order valence-corrected chi connectivity index (χ3v) is 5.31. The van der Waals surface area contributed by atoms with Gasteiger partial charge in [-0.3, -0.25) is 4.79 Å². The van der Waals surface area contributed by atoms with Gasteiger partial charge < -0.3 is 10.1 Å². The molecule has 3 rings (SSSR count). The molecule has 1 saturated carbocycles. The van der Waals surface area contributed by atoms with Crippen LogP contribution in [-0.2, 0) is 16.0 Å². The molecule has 0 spiro atoms. The number of hydrogen-bond donors (Lipinski definition) is 1. The highest BCUT2D eigenvalue weighted by Gasteiger charge is 2.57. The Morgan fingerprint density at radius 1 is 1.50 bits per heavy atom. The molecule has 2 aliphatic rings. The van der Waals surface area contributed by atoms with Crippen LogP contribution < -0.4 is 5.32 Å². The highest BCUT2D eigenvalue weighted by atomic mass is 79.9. The zero-order valence-electron chi connectivity index (χ0n) is 11.6. The minimum atomic E-state index is 0.0606. The average Bonchev–Trinajstić information content (AvgIpc) is 3.21. The summed E-state index contributed by atoms with van der Waals surface area (Å²) in [6.45, 7) is 0.551. The van der Waals surface area contributed by atoms with Crippen LogP contribution in [0.2, 0.25) is 0 Å². The van der Waals surface area contributed by atoms with Crippen LogP contribution in [0.3, 0.4) is 0 Å². The molecule has 1 aromatic carbocycles. The Morgan fingerprint density at radius 2 is 2.30 bits per heavy atom. The van der Waals surface area contributed by atoms with E-state index in [9.17, 15) is 4.79 Å². The number of benzene rings is 1. The van der Waals surface area contributed by atoms with Crippen molar-refractivity contribution in [2.45, 2.75) is 24.8 Å². The van der Waals surface area contributed by atoms with Crippen molar-refractivity contribution in [2.75, 3.05) is 19.0 Å². The lowest BCUT2D eigenvalue weighted by Gasteiger charge is -2.15. The summed E-state index contributed by atoms with van der Waals surface area (Å²) in [6.07, 6.45) is 2.25. The fourth-order valence-electron chi connectivity index (χ4n) is 3.55. The third kappa shape index (κ3) is 2.51. The molecule has 20 heavy (non-hydrogen) atoms. The number of aryl methyl sites for hydroxylation is 1. The van der Waals surface area contributed by atoms with E-state index in [0.717, 1.165) is 18.2 Å². The number of rotatable bonds is 5. The summed E-state index contributed by atoms with van der Waals surface area (Å²) >= 11 is 3.42. The predicted molar refractivity (Wildman–Crippen MR) is 82.1 cm³/mol. The molecule has 4 heteroatoms. The van der Waals surface area contributed by atoms with Crippen LogP contribution in [0.4, 0.5) is 0 Å². The number of alkyl halides is 1. The van der Waals surface area contributed by atoms with Crippen molar-refractivity contribution in [3.63, 3.8) is 0 Å². The van der Waals surface area contributed by atoms with Crippen molar-refractivity contribution in [1.29, 1.82) is 0 Å². The zero-order valence-corrected chi connectivity index (χ0v) is 13.2. The largest absolute Gasteiger partial charge is 0.383 e. The van der Waals surface area contributed by atoms with Crippen LogP contribution in [0.15, 0.2) is 24.3 Å². The molecule has 3 nitrogen and oxygen atoms in total. The Hall–Kier alpha value is -0.870. The molecule has 0 saturated heterocycles. The van der Waals surface area contributed by atoms with Crippen LogP contribution in [0.1, 0.15) is 23.5 Å². The Bertz CT molecular complexity index is 505. The van der Waals surface area contributed by atoms with E-state index in [1.165, 1.54) is 11.1 Å². The maximum absolute atomic E-state index is 12.4. The number of amides is 1. The van der Waals surface area contributed by atoms with E-state index in [4.69, 9.17) is 4.74 Å². The highest BCUT2D eigenvalue weighted by Crippen LogP contribution is 2.59. The van der Waals surface area contributed by atoms with Crippen molar-refractivity contribution >= 4 is 21.8 Å². The highest BCUT2D eigenvalue weighted by molar-refractivity contribution is 9.09. The number of carbonyl (C=O) groups is 1. The second-order valence-electron chi connectivity index (χ2n) is 5.77. The van der Waals surface area contributed by atoms with Crippen LogP contribution >= 0.6 is 15.9 Å². The van der Waals surface area contributed by atoms with Gasteiger partial charge >= 0.3 is 0 Å². The Kier molecular flexibility index (Phi) is 4.13. The van der Waals surface area contributed by atoms with Gasteiger partial charge in [0.25, 0.3) is 0 Å². The normalized spacial score (nSPS) is 28.2. The Morgan fingerprint density at radius 3 is 3.05 bits per heavy atom. The number of halogens is 1. The van der Waals surface area contributed by atoms with Crippen LogP contribution in [-0.4, -0.2) is 31.0 Å². The summed E-state index contributed by atoms with van der Waals surface area (Å²) in [6, 6.07) is 8.63. The molecule has 1 aromatic rings. The van der Waals surface area contributed by atoms with Gasteiger partial charge in [0.2, 0.25) is 5.91 Å². The van der Waals surface area contributed by atoms with Crippen molar-refractivity contribution < 1.29 is 9.53 Å². The van der Waals surface area contributed by atoms with Crippen LogP contribution in [0.5, 0.6) is 0 Å². The summed E-state index contributed by atoms with van der Waals surface area (Å²) < 4.78 is 5.13. The summed E-state index contributed by atoms with van der Waals surface area (Å²) in [5.74, 6) is 1.34. The van der Waals surface area contributed by atoms with Gasteiger partial charge in [-0.1, -0.05) is 40.2 Å². The zero-order chi connectivity index (χ0) is 14.1. The van der Waals surface area contributed by atoms with E-state index in [0.29, 0.717) is 18.4 Å². The fraction of sp³-hybridized carbons (Fsp3) is 0.562. The molecule has 0 aliphatic heterocycles. The first kappa shape index (κ1) is 14.1. The van der Waals surface area contributed by atoms with Gasteiger partial charge in [0.05, 0.1) is 12.6 Å². The summed E-state index contributed by atoms with van der Waals surface area (Å²) in [5.41, 5.74) is 2.82. The first-order chi connectivity index (χ1) is 9.76. The number of fused-ring (bicyclic) bond motifs is 3. The van der Waals surface area contributed by atoms with Crippen LogP contribution in [0.25, 0.3) is 0 Å². The van der Waals surface area contributed by atoms with Gasteiger partial charge in [-0.05, 0) is 35.8 Å². The minimum absolute atomic E-state index is 0.0606. The Labute approximate surface area is 128 Å². The number of ether oxygens (including phenoxy) is 1. The summed E-state index contributed by atoms with van der Waals surface area (Å²) in [4.78, 5) is 12.4. The molecule has 4 unspecified atom stereocenters. The predicted octanol–water partition coefficient (Wildman–Crippen LogP) is 2.49. The smallest absolute Gasteiger partial charge is 0.224 e. The molecule has 4 atom stereocenters. The quantitative estimate of drug-likeness (QED) is 0.838. The second kappa shape index (κ2) is 5.86. The molecule has 0 heterocycles. The average molecular weight is 338 g/mol. The molecule has 1 fully saturated rings. The number of carbonyl (C=O) groups excluding carboxylic acids is 1. The van der Waals surface area contributed by atoms with Gasteiger partial charge in [-0.2, -0.15) is 0 Å². The van der Waals surface area contributed by atoms with E-state index < -0.39 is 0 Å².